The third kappa shape index (κ3) is 4.22. The molecule has 1 aromatic carbocycles. The molecule has 0 saturated carbocycles. The summed E-state index contributed by atoms with van der Waals surface area (Å²) in [6.45, 7) is 2.83. The molecule has 0 radical (unpaired) electrons. The molecule has 21 heavy (non-hydrogen) atoms. The first-order valence-electron chi connectivity index (χ1n) is 6.73. The van der Waals surface area contributed by atoms with Gasteiger partial charge in [0.2, 0.25) is 0 Å². The van der Waals surface area contributed by atoms with Gasteiger partial charge in [0.15, 0.2) is 0 Å². The molecular formula is C15H15Cl2NOS2. The van der Waals surface area contributed by atoms with E-state index in [2.05, 4.69) is 6.92 Å². The number of carbonyl (C=O) groups is 1. The van der Waals surface area contributed by atoms with Crippen molar-refractivity contribution in [2.24, 2.45) is 0 Å². The minimum atomic E-state index is -0.0211. The van der Waals surface area contributed by atoms with Gasteiger partial charge in [0.25, 0.3) is 5.91 Å². The Balaban J connectivity index is 2.13. The van der Waals surface area contributed by atoms with Gasteiger partial charge < -0.3 is 0 Å². The number of hydrogen-bond donors (Lipinski definition) is 0. The van der Waals surface area contributed by atoms with Crippen molar-refractivity contribution in [1.82, 2.24) is 4.90 Å². The highest BCUT2D eigenvalue weighted by Gasteiger charge is 2.31. The van der Waals surface area contributed by atoms with E-state index < -0.39 is 0 Å². The summed E-state index contributed by atoms with van der Waals surface area (Å²) in [5, 5.41) is 0.977. The van der Waals surface area contributed by atoms with E-state index in [1.54, 1.807) is 23.1 Å². The van der Waals surface area contributed by atoms with E-state index >= 15 is 0 Å². The van der Waals surface area contributed by atoms with Gasteiger partial charge in [0.1, 0.15) is 4.32 Å². The number of carbonyl (C=O) groups excluding carboxylic acids is 1. The molecule has 2 rings (SSSR count). The SMILES string of the molecule is CCCCCN1C(=O)/C(=C/c2ccc(Cl)c(Cl)c2)SC1=S. The van der Waals surface area contributed by atoms with E-state index in [1.165, 1.54) is 11.8 Å². The van der Waals surface area contributed by atoms with Crippen molar-refractivity contribution in [3.8, 4) is 0 Å². The summed E-state index contributed by atoms with van der Waals surface area (Å²) in [6.07, 6.45) is 5.00. The largest absolute Gasteiger partial charge is 0.293 e. The van der Waals surface area contributed by atoms with Crippen LogP contribution in [0.4, 0.5) is 0 Å². The van der Waals surface area contributed by atoms with Gasteiger partial charge in [0, 0.05) is 6.54 Å². The van der Waals surface area contributed by atoms with Crippen molar-refractivity contribution in [1.29, 1.82) is 0 Å². The lowest BCUT2D eigenvalue weighted by atomic mass is 10.2. The third-order valence-corrected chi connectivity index (χ3v) is 5.22. The fraction of sp³-hybridized carbons (Fsp3) is 0.333. The molecule has 1 aliphatic rings. The molecule has 1 amide bonds. The minimum Gasteiger partial charge on any atom is -0.293 e. The van der Waals surface area contributed by atoms with Gasteiger partial charge in [-0.1, -0.05) is 73.0 Å². The lowest BCUT2D eigenvalue weighted by molar-refractivity contribution is -0.122. The van der Waals surface area contributed by atoms with Crippen LogP contribution in [0.2, 0.25) is 10.0 Å². The average molecular weight is 360 g/mol. The molecule has 0 atom stereocenters. The van der Waals surface area contributed by atoms with Crippen LogP contribution in [0.25, 0.3) is 6.08 Å². The second-order valence-corrected chi connectivity index (χ2v) is 7.20. The standard InChI is InChI=1S/C15H15Cl2NOS2/c1-2-3-4-7-18-14(19)13(21-15(18)20)9-10-5-6-11(16)12(17)8-10/h5-6,8-9H,2-4,7H2,1H3/b13-9-. The van der Waals surface area contributed by atoms with Gasteiger partial charge >= 0.3 is 0 Å². The Bertz CT molecular complexity index is 601. The fourth-order valence-corrected chi connectivity index (χ4v) is 3.58. The van der Waals surface area contributed by atoms with Crippen LogP contribution < -0.4 is 0 Å². The first kappa shape index (κ1) is 16.8. The highest BCUT2D eigenvalue weighted by Crippen LogP contribution is 2.33. The molecule has 0 aliphatic carbocycles. The number of unbranched alkanes of at least 4 members (excludes halogenated alkanes) is 2. The molecule has 1 aliphatic heterocycles. The monoisotopic (exact) mass is 359 g/mol. The second kappa shape index (κ2) is 7.63. The molecule has 0 unspecified atom stereocenters. The molecule has 0 N–H and O–H groups in total. The van der Waals surface area contributed by atoms with Gasteiger partial charge in [-0.05, 0) is 30.2 Å². The Kier molecular flexibility index (Phi) is 6.11. The van der Waals surface area contributed by atoms with Gasteiger partial charge in [-0.3, -0.25) is 9.69 Å². The number of nitrogens with zero attached hydrogens (tertiary/aromatic N) is 1. The lowest BCUT2D eigenvalue weighted by Crippen LogP contribution is -2.28. The average Bonchev–Trinajstić information content (AvgIpc) is 2.70. The van der Waals surface area contributed by atoms with E-state index in [0.717, 1.165) is 24.8 Å². The van der Waals surface area contributed by atoms with Crippen LogP contribution >= 0.6 is 47.2 Å². The van der Waals surface area contributed by atoms with Crippen molar-refractivity contribution in [3.05, 3.63) is 38.7 Å². The van der Waals surface area contributed by atoms with Gasteiger partial charge in [-0.15, -0.1) is 0 Å². The van der Waals surface area contributed by atoms with E-state index in [0.29, 0.717) is 25.8 Å². The van der Waals surface area contributed by atoms with E-state index in [4.69, 9.17) is 35.4 Å². The number of hydrogen-bond acceptors (Lipinski definition) is 3. The van der Waals surface area contributed by atoms with Crippen LogP contribution in [0.3, 0.4) is 0 Å². The normalized spacial score (nSPS) is 17.1. The molecule has 1 heterocycles. The van der Waals surface area contributed by atoms with Crippen LogP contribution in [-0.2, 0) is 4.79 Å². The summed E-state index contributed by atoms with van der Waals surface area (Å²) < 4.78 is 0.627. The molecule has 0 spiro atoms. The maximum absolute atomic E-state index is 12.4. The molecule has 1 fully saturated rings. The summed E-state index contributed by atoms with van der Waals surface area (Å²) in [5.41, 5.74) is 0.846. The second-order valence-electron chi connectivity index (χ2n) is 4.71. The van der Waals surface area contributed by atoms with Crippen molar-refractivity contribution >= 4 is 63.5 Å². The number of rotatable bonds is 5. The fourth-order valence-electron chi connectivity index (χ4n) is 1.97. The summed E-state index contributed by atoms with van der Waals surface area (Å²) >= 11 is 18.5. The Morgan fingerprint density at radius 3 is 2.71 bits per heavy atom. The smallest absolute Gasteiger partial charge is 0.266 e. The Hall–Kier alpha value is -0.550. The number of amides is 1. The lowest BCUT2D eigenvalue weighted by Gasteiger charge is -2.13. The Morgan fingerprint density at radius 2 is 2.05 bits per heavy atom. The summed E-state index contributed by atoms with van der Waals surface area (Å²) in [5.74, 6) is -0.0211. The molecule has 0 bridgehead atoms. The number of thioether (sulfide) groups is 1. The molecule has 6 heteroatoms. The quantitative estimate of drug-likeness (QED) is 0.399. The molecule has 1 aromatic rings. The topological polar surface area (TPSA) is 20.3 Å². The summed E-state index contributed by atoms with van der Waals surface area (Å²) in [7, 11) is 0. The molecule has 2 nitrogen and oxygen atoms in total. The van der Waals surface area contributed by atoms with Crippen LogP contribution in [0, 0.1) is 0 Å². The van der Waals surface area contributed by atoms with Gasteiger partial charge in [0.05, 0.1) is 15.0 Å². The molecule has 112 valence electrons. The Labute approximate surface area is 144 Å². The summed E-state index contributed by atoms with van der Waals surface area (Å²) in [4.78, 5) is 14.7. The van der Waals surface area contributed by atoms with Crippen LogP contribution in [0.5, 0.6) is 0 Å². The van der Waals surface area contributed by atoms with Crippen molar-refractivity contribution in [3.63, 3.8) is 0 Å². The van der Waals surface area contributed by atoms with E-state index in [1.807, 2.05) is 6.07 Å². The highest BCUT2D eigenvalue weighted by atomic mass is 35.5. The first-order chi connectivity index (χ1) is 10.0. The highest BCUT2D eigenvalue weighted by molar-refractivity contribution is 8.26. The van der Waals surface area contributed by atoms with Crippen molar-refractivity contribution in [2.45, 2.75) is 26.2 Å². The van der Waals surface area contributed by atoms with Crippen LogP contribution in [-0.4, -0.2) is 21.7 Å². The zero-order chi connectivity index (χ0) is 15.4. The molecular weight excluding hydrogens is 345 g/mol. The maximum Gasteiger partial charge on any atom is 0.266 e. The van der Waals surface area contributed by atoms with E-state index in [9.17, 15) is 4.79 Å². The minimum absolute atomic E-state index is 0.0211. The molecule has 1 saturated heterocycles. The van der Waals surface area contributed by atoms with Crippen molar-refractivity contribution < 1.29 is 4.79 Å². The number of halogens is 2. The summed E-state index contributed by atoms with van der Waals surface area (Å²) in [6, 6.07) is 5.29. The Morgan fingerprint density at radius 1 is 1.29 bits per heavy atom. The van der Waals surface area contributed by atoms with Crippen LogP contribution in [0.1, 0.15) is 31.7 Å². The predicted molar refractivity (Wildman–Crippen MR) is 95.9 cm³/mol. The van der Waals surface area contributed by atoms with E-state index in [-0.39, 0.29) is 5.91 Å². The first-order valence-corrected chi connectivity index (χ1v) is 8.71. The number of thiocarbonyl (C=S) groups is 1. The molecule has 0 aromatic heterocycles. The zero-order valence-corrected chi connectivity index (χ0v) is 14.7. The number of benzene rings is 1. The van der Waals surface area contributed by atoms with Gasteiger partial charge in [-0.2, -0.15) is 0 Å². The van der Waals surface area contributed by atoms with Gasteiger partial charge in [-0.25, -0.2) is 0 Å². The zero-order valence-electron chi connectivity index (χ0n) is 11.6. The third-order valence-electron chi connectivity index (χ3n) is 3.10. The van der Waals surface area contributed by atoms with Crippen molar-refractivity contribution in [2.75, 3.05) is 6.54 Å². The predicted octanol–water partition coefficient (Wildman–Crippen LogP) is 5.38. The van der Waals surface area contributed by atoms with Crippen LogP contribution in [0.15, 0.2) is 23.1 Å². The maximum atomic E-state index is 12.4.